The predicted molar refractivity (Wildman–Crippen MR) is 81.8 cm³/mol. The molecule has 2 fully saturated rings. The highest BCUT2D eigenvalue weighted by molar-refractivity contribution is 5.93. The molecule has 1 N–H and O–H groups in total. The molecule has 122 valence electrons. The van der Waals surface area contributed by atoms with Crippen LogP contribution in [-0.4, -0.2) is 54.2 Å². The van der Waals surface area contributed by atoms with Gasteiger partial charge in [-0.2, -0.15) is 0 Å². The van der Waals surface area contributed by atoms with Crippen molar-refractivity contribution in [2.75, 3.05) is 26.3 Å². The van der Waals surface area contributed by atoms with Crippen LogP contribution in [0.3, 0.4) is 0 Å². The van der Waals surface area contributed by atoms with E-state index in [1.54, 1.807) is 0 Å². The first-order chi connectivity index (χ1) is 10.8. The highest BCUT2D eigenvalue weighted by atomic mass is 16.5. The molecule has 0 aromatic carbocycles. The van der Waals surface area contributed by atoms with Crippen LogP contribution in [0.2, 0.25) is 0 Å². The Balaban J connectivity index is 1.48. The van der Waals surface area contributed by atoms with E-state index in [0.717, 1.165) is 52.0 Å². The van der Waals surface area contributed by atoms with Gasteiger partial charge < -0.3 is 19.4 Å². The Morgan fingerprint density at radius 1 is 1.32 bits per heavy atom. The molecular weight excluding hydrogens is 282 g/mol. The second-order valence-corrected chi connectivity index (χ2v) is 6.10. The Morgan fingerprint density at radius 3 is 2.73 bits per heavy atom. The molecular formula is C16H25N3O3. The van der Waals surface area contributed by atoms with E-state index in [2.05, 4.69) is 15.2 Å². The number of ether oxygens (including phenoxy) is 1. The lowest BCUT2D eigenvalue weighted by atomic mass is 9.99. The maximum atomic E-state index is 12.3. The number of carbonyl (C=O) groups is 1. The number of likely N-dealkylation sites (tertiary alicyclic amines) is 1. The van der Waals surface area contributed by atoms with Crippen LogP contribution in [0.15, 0.2) is 10.8 Å². The zero-order valence-corrected chi connectivity index (χ0v) is 13.2. The summed E-state index contributed by atoms with van der Waals surface area (Å²) in [4.78, 5) is 18.9. The monoisotopic (exact) mass is 307 g/mol. The average Bonchev–Trinajstić information content (AvgIpc) is 3.05. The molecule has 1 aromatic rings. The van der Waals surface area contributed by atoms with E-state index in [9.17, 15) is 4.79 Å². The molecule has 1 aromatic heterocycles. The summed E-state index contributed by atoms with van der Waals surface area (Å²) in [7, 11) is 0. The van der Waals surface area contributed by atoms with Crippen LogP contribution in [0.1, 0.15) is 48.9 Å². The van der Waals surface area contributed by atoms with Gasteiger partial charge in [-0.05, 0) is 25.7 Å². The summed E-state index contributed by atoms with van der Waals surface area (Å²) in [6.07, 6.45) is 6.31. The fraction of sp³-hybridized carbons (Fsp3) is 0.750. The maximum Gasteiger partial charge on any atom is 0.273 e. The van der Waals surface area contributed by atoms with E-state index >= 15 is 0 Å². The van der Waals surface area contributed by atoms with Crippen molar-refractivity contribution in [1.82, 2.24) is 15.2 Å². The number of oxazole rings is 1. The number of aryl methyl sites for hydroxylation is 1. The van der Waals surface area contributed by atoms with Crippen LogP contribution in [0, 0.1) is 0 Å². The van der Waals surface area contributed by atoms with Crippen LogP contribution in [0.5, 0.6) is 0 Å². The summed E-state index contributed by atoms with van der Waals surface area (Å²) < 4.78 is 10.7. The lowest BCUT2D eigenvalue weighted by Gasteiger charge is -2.39. The number of amides is 1. The van der Waals surface area contributed by atoms with Crippen molar-refractivity contribution in [3.8, 4) is 0 Å². The third-order valence-electron chi connectivity index (χ3n) is 4.75. The highest BCUT2D eigenvalue weighted by Gasteiger charge is 2.28. The van der Waals surface area contributed by atoms with Crippen molar-refractivity contribution in [3.05, 3.63) is 17.8 Å². The van der Waals surface area contributed by atoms with Gasteiger partial charge in [0, 0.05) is 44.8 Å². The van der Waals surface area contributed by atoms with Gasteiger partial charge in [-0.3, -0.25) is 4.79 Å². The van der Waals surface area contributed by atoms with Gasteiger partial charge >= 0.3 is 0 Å². The number of piperidine rings is 1. The molecule has 6 nitrogen and oxygen atoms in total. The molecule has 0 atom stereocenters. The van der Waals surface area contributed by atoms with Gasteiger partial charge in [-0.15, -0.1) is 0 Å². The first-order valence-electron chi connectivity index (χ1n) is 8.33. The average molecular weight is 307 g/mol. The van der Waals surface area contributed by atoms with Gasteiger partial charge in [0.1, 0.15) is 5.76 Å². The highest BCUT2D eigenvalue weighted by Crippen LogP contribution is 2.20. The van der Waals surface area contributed by atoms with Crippen molar-refractivity contribution in [2.45, 2.75) is 51.1 Å². The van der Waals surface area contributed by atoms with Crippen LogP contribution in [-0.2, 0) is 11.2 Å². The molecule has 3 heterocycles. The minimum Gasteiger partial charge on any atom is -0.448 e. The van der Waals surface area contributed by atoms with Crippen LogP contribution < -0.4 is 5.32 Å². The largest absolute Gasteiger partial charge is 0.448 e. The minimum atomic E-state index is -0.102. The van der Waals surface area contributed by atoms with Gasteiger partial charge in [0.25, 0.3) is 5.91 Å². The standard InChI is InChI=1S/C16H25N3O3/c1-2-14-15(17-11-22-14)16(20)18-12-3-7-19(8-4-12)13-5-9-21-10-6-13/h11-13H,2-10H2,1H3,(H,18,20). The van der Waals surface area contributed by atoms with E-state index in [1.807, 2.05) is 6.92 Å². The molecule has 2 aliphatic rings. The number of nitrogens with one attached hydrogen (secondary N) is 1. The SMILES string of the molecule is CCc1ocnc1C(=O)NC1CCN(C2CCOCC2)CC1. The molecule has 0 spiro atoms. The zero-order valence-electron chi connectivity index (χ0n) is 13.2. The van der Waals surface area contributed by atoms with Crippen LogP contribution in [0.25, 0.3) is 0 Å². The van der Waals surface area contributed by atoms with E-state index in [0.29, 0.717) is 23.9 Å². The molecule has 6 heteroatoms. The topological polar surface area (TPSA) is 67.6 Å². The zero-order chi connectivity index (χ0) is 15.4. The number of nitrogens with zero attached hydrogens (tertiary/aromatic N) is 2. The van der Waals surface area contributed by atoms with Gasteiger partial charge in [-0.1, -0.05) is 6.92 Å². The number of hydrogen-bond acceptors (Lipinski definition) is 5. The van der Waals surface area contributed by atoms with Crippen molar-refractivity contribution in [2.24, 2.45) is 0 Å². The summed E-state index contributed by atoms with van der Waals surface area (Å²) in [6.45, 7) is 5.83. The quantitative estimate of drug-likeness (QED) is 0.915. The Bertz CT molecular complexity index is 489. The van der Waals surface area contributed by atoms with Crippen molar-refractivity contribution >= 4 is 5.91 Å². The summed E-state index contributed by atoms with van der Waals surface area (Å²) in [5.41, 5.74) is 0.439. The first-order valence-corrected chi connectivity index (χ1v) is 8.33. The number of hydrogen-bond donors (Lipinski definition) is 1. The maximum absolute atomic E-state index is 12.3. The third-order valence-corrected chi connectivity index (χ3v) is 4.75. The third kappa shape index (κ3) is 3.50. The predicted octanol–water partition coefficient (Wildman–Crippen LogP) is 1.61. The molecule has 0 aliphatic carbocycles. The van der Waals surface area contributed by atoms with Gasteiger partial charge in [0.2, 0.25) is 0 Å². The smallest absolute Gasteiger partial charge is 0.273 e. The normalized spacial score (nSPS) is 21.9. The Kier molecular flexibility index (Phi) is 5.10. The number of rotatable bonds is 4. The molecule has 22 heavy (non-hydrogen) atoms. The van der Waals surface area contributed by atoms with Crippen LogP contribution in [0.4, 0.5) is 0 Å². The summed E-state index contributed by atoms with van der Waals surface area (Å²) >= 11 is 0. The lowest BCUT2D eigenvalue weighted by Crippen LogP contribution is -2.49. The second-order valence-electron chi connectivity index (χ2n) is 6.10. The summed E-state index contributed by atoms with van der Waals surface area (Å²) in [5, 5.41) is 3.11. The molecule has 1 amide bonds. The lowest BCUT2D eigenvalue weighted by molar-refractivity contribution is 0.0238. The summed E-state index contributed by atoms with van der Waals surface area (Å²) in [5.74, 6) is 0.562. The van der Waals surface area contributed by atoms with Gasteiger partial charge in [0.15, 0.2) is 12.1 Å². The molecule has 3 rings (SSSR count). The molecule has 0 bridgehead atoms. The molecule has 2 aliphatic heterocycles. The first kappa shape index (κ1) is 15.5. The molecule has 0 unspecified atom stereocenters. The van der Waals surface area contributed by atoms with E-state index < -0.39 is 0 Å². The fourth-order valence-electron chi connectivity index (χ4n) is 3.42. The van der Waals surface area contributed by atoms with E-state index in [4.69, 9.17) is 9.15 Å². The minimum absolute atomic E-state index is 0.102. The van der Waals surface area contributed by atoms with Gasteiger partial charge in [-0.25, -0.2) is 4.98 Å². The number of carbonyl (C=O) groups excluding carboxylic acids is 1. The Hall–Kier alpha value is -1.40. The molecule has 2 saturated heterocycles. The Morgan fingerprint density at radius 2 is 2.05 bits per heavy atom. The van der Waals surface area contributed by atoms with Crippen molar-refractivity contribution < 1.29 is 13.9 Å². The van der Waals surface area contributed by atoms with Crippen molar-refractivity contribution in [1.29, 1.82) is 0 Å². The fourth-order valence-corrected chi connectivity index (χ4v) is 3.42. The van der Waals surface area contributed by atoms with Crippen molar-refractivity contribution in [3.63, 3.8) is 0 Å². The number of aromatic nitrogens is 1. The second kappa shape index (κ2) is 7.24. The Labute approximate surface area is 131 Å². The summed E-state index contributed by atoms with van der Waals surface area (Å²) in [6, 6.07) is 0.901. The molecule has 0 radical (unpaired) electrons. The van der Waals surface area contributed by atoms with E-state index in [-0.39, 0.29) is 11.9 Å². The molecule has 0 saturated carbocycles. The van der Waals surface area contributed by atoms with Crippen LogP contribution >= 0.6 is 0 Å². The van der Waals surface area contributed by atoms with E-state index in [1.165, 1.54) is 6.39 Å². The van der Waals surface area contributed by atoms with Gasteiger partial charge in [0.05, 0.1) is 0 Å².